The third kappa shape index (κ3) is 4.83. The molecule has 0 saturated carbocycles. The molecule has 2 rings (SSSR count). The molecule has 136 valence electrons. The number of nitrogens with one attached hydrogen (secondary N) is 1. The molecule has 26 heavy (non-hydrogen) atoms. The molecule has 0 fully saturated rings. The number of carbonyl (C=O) groups excluding carboxylic acids is 3. The summed E-state index contributed by atoms with van der Waals surface area (Å²) in [6, 6.07) is 11.0. The highest BCUT2D eigenvalue weighted by molar-refractivity contribution is 6.00. The normalized spacial score (nSPS) is 9.96. The maximum Gasteiger partial charge on any atom is 0.342 e. The van der Waals surface area contributed by atoms with Gasteiger partial charge in [0.15, 0.2) is 12.4 Å². The first kappa shape index (κ1) is 19.0. The van der Waals surface area contributed by atoms with Crippen molar-refractivity contribution in [3.8, 4) is 11.5 Å². The van der Waals surface area contributed by atoms with Crippen molar-refractivity contribution in [1.82, 2.24) is 0 Å². The lowest BCUT2D eigenvalue weighted by molar-refractivity contribution is -0.114. The Labute approximate surface area is 150 Å². The van der Waals surface area contributed by atoms with Crippen molar-refractivity contribution in [1.29, 1.82) is 0 Å². The molecular weight excluding hydrogens is 338 g/mol. The summed E-state index contributed by atoms with van der Waals surface area (Å²) in [7, 11) is 2.93. The van der Waals surface area contributed by atoms with Crippen LogP contribution < -0.4 is 14.8 Å². The molecule has 2 aromatic rings. The number of anilines is 1. The van der Waals surface area contributed by atoms with E-state index < -0.39 is 12.6 Å². The fourth-order valence-electron chi connectivity index (χ4n) is 2.20. The van der Waals surface area contributed by atoms with Gasteiger partial charge in [-0.2, -0.15) is 0 Å². The third-order valence-corrected chi connectivity index (χ3v) is 3.49. The lowest BCUT2D eigenvalue weighted by atomic mass is 10.1. The van der Waals surface area contributed by atoms with Crippen molar-refractivity contribution >= 4 is 23.3 Å². The van der Waals surface area contributed by atoms with Crippen LogP contribution in [0.4, 0.5) is 5.69 Å². The maximum absolute atomic E-state index is 12.2. The first-order valence-electron chi connectivity index (χ1n) is 7.74. The van der Waals surface area contributed by atoms with Gasteiger partial charge in [0, 0.05) is 24.2 Å². The molecule has 0 bridgehead atoms. The molecule has 0 aliphatic carbocycles. The molecule has 2 aromatic carbocycles. The molecule has 0 unspecified atom stereocenters. The Kier molecular flexibility index (Phi) is 6.32. The Balaban J connectivity index is 2.00. The van der Waals surface area contributed by atoms with Crippen LogP contribution >= 0.6 is 0 Å². The third-order valence-electron chi connectivity index (χ3n) is 3.49. The van der Waals surface area contributed by atoms with E-state index in [-0.39, 0.29) is 17.3 Å². The highest BCUT2D eigenvalue weighted by Gasteiger charge is 2.17. The molecule has 0 aliphatic rings. The zero-order valence-electron chi connectivity index (χ0n) is 14.7. The number of hydrogen-bond donors (Lipinski definition) is 1. The molecule has 0 heterocycles. The smallest absolute Gasteiger partial charge is 0.342 e. The number of hydrogen-bond acceptors (Lipinski definition) is 6. The Hall–Kier alpha value is -3.35. The number of ether oxygens (including phenoxy) is 3. The van der Waals surface area contributed by atoms with Gasteiger partial charge in [0.2, 0.25) is 5.91 Å². The van der Waals surface area contributed by atoms with Gasteiger partial charge in [-0.15, -0.1) is 0 Å². The molecule has 7 nitrogen and oxygen atoms in total. The second-order valence-corrected chi connectivity index (χ2v) is 5.32. The predicted molar refractivity (Wildman–Crippen MR) is 94.9 cm³/mol. The standard InChI is InChI=1S/C19H19NO6/c1-12(21)20-14-6-4-13(5-7-14)17(22)11-26-19(23)16-9-8-15(24-2)10-18(16)25-3/h4-10H,11H2,1-3H3,(H,20,21). The average Bonchev–Trinajstić information content (AvgIpc) is 2.65. The van der Waals surface area contributed by atoms with Crippen molar-refractivity contribution in [3.63, 3.8) is 0 Å². The van der Waals surface area contributed by atoms with Crippen LogP contribution in [0.5, 0.6) is 11.5 Å². The minimum Gasteiger partial charge on any atom is -0.497 e. The Morgan fingerprint density at radius 1 is 0.962 bits per heavy atom. The molecule has 0 aliphatic heterocycles. The van der Waals surface area contributed by atoms with Gasteiger partial charge in [-0.3, -0.25) is 9.59 Å². The van der Waals surface area contributed by atoms with Gasteiger partial charge >= 0.3 is 5.97 Å². The van der Waals surface area contributed by atoms with Crippen molar-refractivity contribution in [2.75, 3.05) is 26.1 Å². The lowest BCUT2D eigenvalue weighted by Gasteiger charge is -2.10. The van der Waals surface area contributed by atoms with Crippen molar-refractivity contribution < 1.29 is 28.6 Å². The quantitative estimate of drug-likeness (QED) is 0.605. The summed E-state index contributed by atoms with van der Waals surface area (Å²) < 4.78 is 15.3. The van der Waals surface area contributed by atoms with E-state index in [4.69, 9.17) is 14.2 Å². The number of ketones is 1. The zero-order valence-corrected chi connectivity index (χ0v) is 14.7. The van der Waals surface area contributed by atoms with E-state index in [1.165, 1.54) is 27.2 Å². The van der Waals surface area contributed by atoms with Gasteiger partial charge in [0.25, 0.3) is 0 Å². The van der Waals surface area contributed by atoms with E-state index in [0.717, 1.165) is 0 Å². The number of rotatable bonds is 7. The summed E-state index contributed by atoms with van der Waals surface area (Å²) in [6.07, 6.45) is 0. The van der Waals surface area contributed by atoms with Gasteiger partial charge in [-0.05, 0) is 36.4 Å². The minimum absolute atomic E-state index is 0.196. The summed E-state index contributed by atoms with van der Waals surface area (Å²) in [4.78, 5) is 35.3. The minimum atomic E-state index is -0.673. The SMILES string of the molecule is COc1ccc(C(=O)OCC(=O)c2ccc(NC(C)=O)cc2)c(OC)c1. The Morgan fingerprint density at radius 3 is 2.23 bits per heavy atom. The molecule has 0 saturated heterocycles. The summed E-state index contributed by atoms with van der Waals surface area (Å²) in [6.45, 7) is 0.986. The highest BCUT2D eigenvalue weighted by Crippen LogP contribution is 2.25. The van der Waals surface area contributed by atoms with Crippen LogP contribution in [0.1, 0.15) is 27.6 Å². The molecule has 0 spiro atoms. The second-order valence-electron chi connectivity index (χ2n) is 5.32. The molecular formula is C19H19NO6. The van der Waals surface area contributed by atoms with Gasteiger partial charge in [0.05, 0.1) is 14.2 Å². The van der Waals surface area contributed by atoms with Crippen molar-refractivity contribution in [3.05, 3.63) is 53.6 Å². The van der Waals surface area contributed by atoms with E-state index in [2.05, 4.69) is 5.32 Å². The van der Waals surface area contributed by atoms with Crippen LogP contribution in [0.3, 0.4) is 0 Å². The van der Waals surface area contributed by atoms with E-state index in [9.17, 15) is 14.4 Å². The molecule has 0 radical (unpaired) electrons. The first-order chi connectivity index (χ1) is 12.4. The van der Waals surface area contributed by atoms with Gasteiger partial charge < -0.3 is 19.5 Å². The monoisotopic (exact) mass is 357 g/mol. The largest absolute Gasteiger partial charge is 0.497 e. The molecule has 7 heteroatoms. The van der Waals surface area contributed by atoms with E-state index in [0.29, 0.717) is 22.7 Å². The van der Waals surface area contributed by atoms with Crippen LogP contribution in [0, 0.1) is 0 Å². The Bertz CT molecular complexity index is 813. The average molecular weight is 357 g/mol. The van der Waals surface area contributed by atoms with Crippen LogP contribution in [-0.2, 0) is 9.53 Å². The number of carbonyl (C=O) groups is 3. The van der Waals surface area contributed by atoms with E-state index in [1.54, 1.807) is 36.4 Å². The number of benzene rings is 2. The summed E-state index contributed by atoms with van der Waals surface area (Å²) in [5.41, 5.74) is 1.14. The van der Waals surface area contributed by atoms with Crippen LogP contribution in [0.2, 0.25) is 0 Å². The van der Waals surface area contributed by atoms with Gasteiger partial charge in [-0.1, -0.05) is 0 Å². The number of amides is 1. The molecule has 0 aromatic heterocycles. The summed E-state index contributed by atoms with van der Waals surface area (Å²) in [5, 5.41) is 2.60. The van der Waals surface area contributed by atoms with Gasteiger partial charge in [-0.25, -0.2) is 4.79 Å². The summed E-state index contributed by atoms with van der Waals surface area (Å²) in [5.74, 6) is -0.408. The summed E-state index contributed by atoms with van der Waals surface area (Å²) >= 11 is 0. The van der Waals surface area contributed by atoms with Crippen molar-refractivity contribution in [2.24, 2.45) is 0 Å². The van der Waals surface area contributed by atoms with Crippen LogP contribution in [-0.4, -0.2) is 38.5 Å². The van der Waals surface area contributed by atoms with Crippen LogP contribution in [0.15, 0.2) is 42.5 Å². The fraction of sp³-hybridized carbons (Fsp3) is 0.211. The number of esters is 1. The lowest BCUT2D eigenvalue weighted by Crippen LogP contribution is -2.15. The maximum atomic E-state index is 12.2. The Morgan fingerprint density at radius 2 is 1.65 bits per heavy atom. The second kappa shape index (κ2) is 8.66. The highest BCUT2D eigenvalue weighted by atomic mass is 16.5. The molecule has 0 atom stereocenters. The predicted octanol–water partition coefficient (Wildman–Crippen LogP) is 2.70. The van der Waals surface area contributed by atoms with E-state index in [1.807, 2.05) is 0 Å². The first-order valence-corrected chi connectivity index (χ1v) is 7.74. The van der Waals surface area contributed by atoms with E-state index >= 15 is 0 Å². The van der Waals surface area contributed by atoms with Crippen LogP contribution in [0.25, 0.3) is 0 Å². The van der Waals surface area contributed by atoms with Crippen molar-refractivity contribution in [2.45, 2.75) is 6.92 Å². The molecule has 1 amide bonds. The number of methoxy groups -OCH3 is 2. The molecule has 1 N–H and O–H groups in total. The number of Topliss-reactive ketones (excluding diaryl/α,β-unsaturated/α-hetero) is 1. The topological polar surface area (TPSA) is 90.9 Å². The van der Waals surface area contributed by atoms with Gasteiger partial charge in [0.1, 0.15) is 17.1 Å². The zero-order chi connectivity index (χ0) is 19.1. The fourth-order valence-corrected chi connectivity index (χ4v) is 2.20.